The van der Waals surface area contributed by atoms with E-state index in [9.17, 15) is 4.79 Å². The van der Waals surface area contributed by atoms with Crippen LogP contribution in [-0.2, 0) is 0 Å². The summed E-state index contributed by atoms with van der Waals surface area (Å²) in [5, 5.41) is 0. The van der Waals surface area contributed by atoms with Gasteiger partial charge in [-0.1, -0.05) is 0 Å². The van der Waals surface area contributed by atoms with Gasteiger partial charge in [-0.05, 0) is 25.3 Å². The van der Waals surface area contributed by atoms with Crippen LogP contribution in [0.1, 0.15) is 12.8 Å². The summed E-state index contributed by atoms with van der Waals surface area (Å²) in [7, 11) is 0. The normalized spacial score (nSPS) is 25.5. The molecule has 1 fully saturated rings. The van der Waals surface area contributed by atoms with E-state index in [1.807, 2.05) is 0 Å². The van der Waals surface area contributed by atoms with Crippen LogP contribution >= 0.6 is 0 Å². The van der Waals surface area contributed by atoms with Crippen LogP contribution in [0, 0.1) is 5.92 Å². The number of nitrogens with one attached hydrogen (secondary N) is 1. The minimum absolute atomic E-state index is 0.111. The van der Waals surface area contributed by atoms with Crippen LogP contribution in [0.2, 0.25) is 0 Å². The lowest BCUT2D eigenvalue weighted by atomic mass is 9.82. The summed E-state index contributed by atoms with van der Waals surface area (Å²) in [5.74, 6) is 0.704. The molecular weight excluding hydrogens is 182 g/mol. The van der Waals surface area contributed by atoms with Gasteiger partial charge >= 0.3 is 5.56 Å². The molecule has 1 heterocycles. The second kappa shape index (κ2) is 3.79. The van der Waals surface area contributed by atoms with Crippen molar-refractivity contribution in [1.82, 2.24) is 9.97 Å². The molecular formula is C9H13N3O2. The van der Waals surface area contributed by atoms with Gasteiger partial charge in [0.15, 0.2) is 0 Å². The van der Waals surface area contributed by atoms with Crippen molar-refractivity contribution in [3.8, 4) is 5.88 Å². The molecule has 0 atom stereocenters. The number of H-pyrrole nitrogens is 1. The standard InChI is InChI=1S/C9H13N3O2/c10-5-6-3-7(4-6)14-9-8(13)11-1-2-12-9/h1-2,6-7H,3-5,10H2,(H,11,13). The van der Waals surface area contributed by atoms with Gasteiger partial charge in [-0.25, -0.2) is 4.98 Å². The van der Waals surface area contributed by atoms with E-state index < -0.39 is 0 Å². The van der Waals surface area contributed by atoms with Gasteiger partial charge in [0, 0.05) is 12.4 Å². The zero-order valence-corrected chi connectivity index (χ0v) is 7.77. The highest BCUT2D eigenvalue weighted by atomic mass is 16.5. The largest absolute Gasteiger partial charge is 0.470 e. The third-order valence-electron chi connectivity index (χ3n) is 2.48. The molecule has 0 aromatic carbocycles. The van der Waals surface area contributed by atoms with Crippen molar-refractivity contribution in [1.29, 1.82) is 0 Å². The second-order valence-corrected chi connectivity index (χ2v) is 3.54. The number of nitrogens with zero attached hydrogens (tertiary/aromatic N) is 1. The zero-order valence-electron chi connectivity index (χ0n) is 7.77. The lowest BCUT2D eigenvalue weighted by molar-refractivity contribution is 0.0633. The van der Waals surface area contributed by atoms with Crippen LogP contribution in [0.3, 0.4) is 0 Å². The minimum Gasteiger partial charge on any atom is -0.470 e. The van der Waals surface area contributed by atoms with Crippen molar-refractivity contribution in [2.45, 2.75) is 18.9 Å². The summed E-state index contributed by atoms with van der Waals surface area (Å²) in [5.41, 5.74) is 5.21. The molecule has 1 aliphatic rings. The molecule has 0 radical (unpaired) electrons. The Hall–Kier alpha value is -1.36. The molecule has 1 aromatic rings. The van der Waals surface area contributed by atoms with Crippen molar-refractivity contribution in [2.24, 2.45) is 11.7 Å². The highest BCUT2D eigenvalue weighted by molar-refractivity contribution is 5.04. The van der Waals surface area contributed by atoms with Gasteiger partial charge in [-0.3, -0.25) is 4.79 Å². The first-order valence-electron chi connectivity index (χ1n) is 4.70. The SMILES string of the molecule is NCC1CC(Oc2ncc[nH]c2=O)C1. The number of rotatable bonds is 3. The lowest BCUT2D eigenvalue weighted by Crippen LogP contribution is -2.38. The number of ether oxygens (including phenoxy) is 1. The fourth-order valence-electron chi connectivity index (χ4n) is 1.54. The predicted molar refractivity (Wildman–Crippen MR) is 51.1 cm³/mol. The maximum Gasteiger partial charge on any atom is 0.310 e. The van der Waals surface area contributed by atoms with Crippen molar-refractivity contribution >= 4 is 0 Å². The van der Waals surface area contributed by atoms with E-state index in [0.29, 0.717) is 12.5 Å². The van der Waals surface area contributed by atoms with E-state index in [0.717, 1.165) is 12.8 Å². The number of aromatic nitrogens is 2. The van der Waals surface area contributed by atoms with Gasteiger partial charge in [0.1, 0.15) is 6.10 Å². The lowest BCUT2D eigenvalue weighted by Gasteiger charge is -2.33. The fourth-order valence-corrected chi connectivity index (χ4v) is 1.54. The van der Waals surface area contributed by atoms with Crippen LogP contribution in [0.15, 0.2) is 17.2 Å². The average Bonchev–Trinajstić information content (AvgIpc) is 2.13. The number of nitrogens with two attached hydrogens (primary N) is 1. The Kier molecular flexibility index (Phi) is 2.49. The molecule has 0 bridgehead atoms. The topological polar surface area (TPSA) is 81.0 Å². The summed E-state index contributed by atoms with van der Waals surface area (Å²) in [6.07, 6.45) is 4.95. The Morgan fingerprint density at radius 1 is 1.64 bits per heavy atom. The van der Waals surface area contributed by atoms with Gasteiger partial charge < -0.3 is 15.5 Å². The molecule has 3 N–H and O–H groups in total. The van der Waals surface area contributed by atoms with Gasteiger partial charge in [0.25, 0.3) is 5.88 Å². The smallest absolute Gasteiger partial charge is 0.310 e. The Morgan fingerprint density at radius 3 is 3.07 bits per heavy atom. The van der Waals surface area contributed by atoms with Crippen LogP contribution in [0.4, 0.5) is 0 Å². The molecule has 1 aliphatic carbocycles. The number of hydrogen-bond donors (Lipinski definition) is 2. The van der Waals surface area contributed by atoms with Crippen LogP contribution in [-0.4, -0.2) is 22.6 Å². The molecule has 76 valence electrons. The third kappa shape index (κ3) is 1.77. The summed E-state index contributed by atoms with van der Waals surface area (Å²) < 4.78 is 5.40. The first kappa shape index (κ1) is 9.21. The minimum atomic E-state index is -0.274. The quantitative estimate of drug-likeness (QED) is 0.705. The van der Waals surface area contributed by atoms with Crippen molar-refractivity contribution < 1.29 is 4.74 Å². The van der Waals surface area contributed by atoms with Crippen molar-refractivity contribution in [3.63, 3.8) is 0 Å². The molecule has 0 aliphatic heterocycles. The Balaban J connectivity index is 1.93. The summed E-state index contributed by atoms with van der Waals surface area (Å²) in [4.78, 5) is 17.5. The van der Waals surface area contributed by atoms with Crippen molar-refractivity contribution in [2.75, 3.05) is 6.54 Å². The Bertz CT molecular complexity index is 357. The molecule has 1 aromatic heterocycles. The van der Waals surface area contributed by atoms with E-state index in [4.69, 9.17) is 10.5 Å². The van der Waals surface area contributed by atoms with Gasteiger partial charge in [0.05, 0.1) is 0 Å². The molecule has 0 amide bonds. The molecule has 0 unspecified atom stereocenters. The highest BCUT2D eigenvalue weighted by Crippen LogP contribution is 2.28. The van der Waals surface area contributed by atoms with Gasteiger partial charge in [-0.15, -0.1) is 0 Å². The molecule has 0 saturated heterocycles. The maximum absolute atomic E-state index is 11.2. The Morgan fingerprint density at radius 2 is 2.43 bits per heavy atom. The van der Waals surface area contributed by atoms with E-state index in [-0.39, 0.29) is 17.5 Å². The van der Waals surface area contributed by atoms with Crippen LogP contribution in [0.5, 0.6) is 5.88 Å². The van der Waals surface area contributed by atoms with Crippen LogP contribution in [0.25, 0.3) is 0 Å². The second-order valence-electron chi connectivity index (χ2n) is 3.54. The molecule has 5 nitrogen and oxygen atoms in total. The fraction of sp³-hybridized carbons (Fsp3) is 0.556. The van der Waals surface area contributed by atoms with Crippen LogP contribution < -0.4 is 16.0 Å². The third-order valence-corrected chi connectivity index (χ3v) is 2.48. The summed E-state index contributed by atoms with van der Waals surface area (Å²) in [6, 6.07) is 0. The Labute approximate surface area is 81.3 Å². The molecule has 2 rings (SSSR count). The number of hydrogen-bond acceptors (Lipinski definition) is 4. The van der Waals surface area contributed by atoms with E-state index in [2.05, 4.69) is 9.97 Å². The van der Waals surface area contributed by atoms with Gasteiger partial charge in [-0.2, -0.15) is 0 Å². The highest BCUT2D eigenvalue weighted by Gasteiger charge is 2.30. The predicted octanol–water partition coefficient (Wildman–Crippen LogP) is -0.114. The van der Waals surface area contributed by atoms with E-state index in [1.54, 1.807) is 0 Å². The van der Waals surface area contributed by atoms with E-state index in [1.165, 1.54) is 12.4 Å². The first-order valence-corrected chi connectivity index (χ1v) is 4.70. The van der Waals surface area contributed by atoms with Gasteiger partial charge in [0.2, 0.25) is 0 Å². The number of aromatic amines is 1. The maximum atomic E-state index is 11.2. The first-order chi connectivity index (χ1) is 6.79. The molecule has 5 heteroatoms. The summed E-state index contributed by atoms with van der Waals surface area (Å²) >= 11 is 0. The molecule has 14 heavy (non-hydrogen) atoms. The summed E-state index contributed by atoms with van der Waals surface area (Å²) in [6.45, 7) is 0.693. The monoisotopic (exact) mass is 195 g/mol. The van der Waals surface area contributed by atoms with Crippen molar-refractivity contribution in [3.05, 3.63) is 22.7 Å². The average molecular weight is 195 g/mol. The van der Waals surface area contributed by atoms with E-state index >= 15 is 0 Å². The molecule has 1 saturated carbocycles. The zero-order chi connectivity index (χ0) is 9.97. The molecule has 0 spiro atoms.